The van der Waals surface area contributed by atoms with Crippen molar-refractivity contribution >= 4 is 33.3 Å². The summed E-state index contributed by atoms with van der Waals surface area (Å²) in [7, 11) is 1.80. The van der Waals surface area contributed by atoms with Gasteiger partial charge in [-0.3, -0.25) is 0 Å². The molecule has 0 aliphatic heterocycles. The summed E-state index contributed by atoms with van der Waals surface area (Å²) < 4.78 is 6.72. The monoisotopic (exact) mass is 370 g/mol. The number of nitrogens with one attached hydrogen (secondary N) is 2. The van der Waals surface area contributed by atoms with Crippen LogP contribution < -0.4 is 15.4 Å². The van der Waals surface area contributed by atoms with Crippen LogP contribution in [-0.2, 0) is 0 Å². The highest BCUT2D eigenvalue weighted by molar-refractivity contribution is 9.10. The fourth-order valence-electron chi connectivity index (χ4n) is 1.94. The first-order valence-corrected chi connectivity index (χ1v) is 7.84. The van der Waals surface area contributed by atoms with E-state index in [4.69, 9.17) is 4.74 Å². The molecule has 5 nitrogen and oxygen atoms in total. The number of hydrogen-bond acceptors (Lipinski definition) is 5. The normalized spacial score (nSPS) is 10.2. The van der Waals surface area contributed by atoms with Gasteiger partial charge < -0.3 is 15.4 Å². The van der Waals surface area contributed by atoms with Crippen LogP contribution in [0, 0.1) is 0 Å². The van der Waals surface area contributed by atoms with Crippen molar-refractivity contribution in [2.45, 2.75) is 0 Å². The Hall–Kier alpha value is -2.60. The van der Waals surface area contributed by atoms with Gasteiger partial charge >= 0.3 is 6.01 Å². The Kier molecular flexibility index (Phi) is 4.73. The van der Waals surface area contributed by atoms with E-state index in [9.17, 15) is 0 Å². The summed E-state index contributed by atoms with van der Waals surface area (Å²) in [6.07, 6.45) is 0. The number of para-hydroxylation sites is 1. The van der Waals surface area contributed by atoms with Crippen LogP contribution in [0.2, 0.25) is 0 Å². The molecule has 116 valence electrons. The highest BCUT2D eigenvalue weighted by atomic mass is 79.9. The van der Waals surface area contributed by atoms with Gasteiger partial charge in [0.15, 0.2) is 0 Å². The number of aromatic nitrogens is 2. The standard InChI is InChI=1S/C17H15BrN4O/c1-19-15-11-16(20-13-5-3-2-4-6-13)22-17(21-15)23-14-9-7-12(18)8-10-14/h2-11H,1H3,(H2,19,20,21,22). The van der Waals surface area contributed by atoms with Gasteiger partial charge in [-0.15, -0.1) is 0 Å². The Bertz CT molecular complexity index is 778. The van der Waals surface area contributed by atoms with Gasteiger partial charge in [0.2, 0.25) is 0 Å². The lowest BCUT2D eigenvalue weighted by molar-refractivity contribution is 0.443. The van der Waals surface area contributed by atoms with Crippen molar-refractivity contribution in [3.8, 4) is 11.8 Å². The van der Waals surface area contributed by atoms with Crippen molar-refractivity contribution in [2.24, 2.45) is 0 Å². The van der Waals surface area contributed by atoms with Gasteiger partial charge in [0.25, 0.3) is 0 Å². The Morgan fingerprint density at radius 1 is 0.913 bits per heavy atom. The van der Waals surface area contributed by atoms with E-state index < -0.39 is 0 Å². The Labute approximate surface area is 142 Å². The SMILES string of the molecule is CNc1cc(Nc2ccccc2)nc(Oc2ccc(Br)cc2)n1. The first-order chi connectivity index (χ1) is 11.2. The van der Waals surface area contributed by atoms with E-state index in [0.29, 0.717) is 17.4 Å². The van der Waals surface area contributed by atoms with Gasteiger partial charge in [-0.05, 0) is 36.4 Å². The van der Waals surface area contributed by atoms with Crippen LogP contribution in [0.1, 0.15) is 0 Å². The number of hydrogen-bond donors (Lipinski definition) is 2. The molecule has 2 N–H and O–H groups in total. The maximum absolute atomic E-state index is 5.73. The molecule has 0 aliphatic carbocycles. The van der Waals surface area contributed by atoms with E-state index in [-0.39, 0.29) is 6.01 Å². The van der Waals surface area contributed by atoms with Crippen LogP contribution in [0.25, 0.3) is 0 Å². The van der Waals surface area contributed by atoms with E-state index in [1.807, 2.05) is 60.7 Å². The molecular weight excluding hydrogens is 356 g/mol. The number of ether oxygens (including phenoxy) is 1. The zero-order valence-corrected chi connectivity index (χ0v) is 14.0. The minimum Gasteiger partial charge on any atom is -0.424 e. The molecule has 0 bridgehead atoms. The maximum atomic E-state index is 5.73. The zero-order valence-electron chi connectivity index (χ0n) is 12.5. The molecule has 0 saturated carbocycles. The molecule has 0 fully saturated rings. The Balaban J connectivity index is 1.85. The Morgan fingerprint density at radius 3 is 2.30 bits per heavy atom. The molecule has 3 rings (SSSR count). The molecule has 0 radical (unpaired) electrons. The lowest BCUT2D eigenvalue weighted by atomic mass is 10.3. The predicted molar refractivity (Wildman–Crippen MR) is 95.5 cm³/mol. The molecular formula is C17H15BrN4O. The number of halogens is 1. The first kappa shape index (κ1) is 15.3. The molecule has 6 heteroatoms. The molecule has 23 heavy (non-hydrogen) atoms. The van der Waals surface area contributed by atoms with Gasteiger partial charge in [0, 0.05) is 23.3 Å². The summed E-state index contributed by atoms with van der Waals surface area (Å²) >= 11 is 3.40. The van der Waals surface area contributed by atoms with Crippen molar-refractivity contribution in [1.29, 1.82) is 0 Å². The van der Waals surface area contributed by atoms with E-state index in [1.54, 1.807) is 7.05 Å². The number of nitrogens with zero attached hydrogens (tertiary/aromatic N) is 2. The summed E-state index contributed by atoms with van der Waals surface area (Å²) in [5.41, 5.74) is 0.947. The summed E-state index contributed by atoms with van der Waals surface area (Å²) in [6, 6.07) is 19.4. The first-order valence-electron chi connectivity index (χ1n) is 7.05. The smallest absolute Gasteiger partial charge is 0.325 e. The topological polar surface area (TPSA) is 59.1 Å². The fourth-order valence-corrected chi connectivity index (χ4v) is 2.20. The molecule has 2 aromatic carbocycles. The second-order valence-electron chi connectivity index (χ2n) is 4.72. The van der Waals surface area contributed by atoms with Gasteiger partial charge in [-0.25, -0.2) is 0 Å². The van der Waals surface area contributed by atoms with Gasteiger partial charge in [-0.2, -0.15) is 9.97 Å². The number of benzene rings is 2. The van der Waals surface area contributed by atoms with Crippen LogP contribution in [0.3, 0.4) is 0 Å². The van der Waals surface area contributed by atoms with Crippen LogP contribution in [-0.4, -0.2) is 17.0 Å². The largest absolute Gasteiger partial charge is 0.424 e. The molecule has 3 aromatic rings. The summed E-state index contributed by atoms with van der Waals surface area (Å²) in [5, 5.41) is 6.25. The molecule has 0 atom stereocenters. The van der Waals surface area contributed by atoms with Gasteiger partial charge in [-0.1, -0.05) is 34.1 Å². The minimum atomic E-state index is 0.276. The van der Waals surface area contributed by atoms with Gasteiger partial charge in [0.05, 0.1) is 0 Å². The van der Waals surface area contributed by atoms with Crippen molar-refractivity contribution in [3.63, 3.8) is 0 Å². The van der Waals surface area contributed by atoms with Crippen molar-refractivity contribution in [3.05, 3.63) is 65.1 Å². The highest BCUT2D eigenvalue weighted by Gasteiger charge is 2.07. The van der Waals surface area contributed by atoms with E-state index >= 15 is 0 Å². The molecule has 0 unspecified atom stereocenters. The molecule has 0 amide bonds. The highest BCUT2D eigenvalue weighted by Crippen LogP contribution is 2.24. The molecule has 0 spiro atoms. The average molecular weight is 371 g/mol. The molecule has 1 heterocycles. The van der Waals surface area contributed by atoms with Crippen LogP contribution in [0.4, 0.5) is 17.3 Å². The second kappa shape index (κ2) is 7.11. The molecule has 0 aliphatic rings. The lowest BCUT2D eigenvalue weighted by Gasteiger charge is -2.10. The molecule has 1 aromatic heterocycles. The van der Waals surface area contributed by atoms with Crippen molar-refractivity contribution < 1.29 is 4.74 Å². The average Bonchev–Trinajstić information content (AvgIpc) is 2.57. The number of rotatable bonds is 5. The second-order valence-corrected chi connectivity index (χ2v) is 5.63. The lowest BCUT2D eigenvalue weighted by Crippen LogP contribution is -2.01. The van der Waals surface area contributed by atoms with E-state index in [2.05, 4.69) is 36.5 Å². The minimum absolute atomic E-state index is 0.276. The van der Waals surface area contributed by atoms with Crippen molar-refractivity contribution in [2.75, 3.05) is 17.7 Å². The quantitative estimate of drug-likeness (QED) is 0.674. The maximum Gasteiger partial charge on any atom is 0.325 e. The third kappa shape index (κ3) is 4.20. The van der Waals surface area contributed by atoms with Crippen molar-refractivity contribution in [1.82, 2.24) is 9.97 Å². The van der Waals surface area contributed by atoms with Crippen LogP contribution in [0.15, 0.2) is 65.1 Å². The number of anilines is 3. The van der Waals surface area contributed by atoms with Crippen LogP contribution >= 0.6 is 15.9 Å². The predicted octanol–water partition coefficient (Wildman–Crippen LogP) is 4.82. The fraction of sp³-hybridized carbons (Fsp3) is 0.0588. The third-order valence-corrected chi connectivity index (χ3v) is 3.56. The molecule has 0 saturated heterocycles. The third-order valence-electron chi connectivity index (χ3n) is 3.03. The summed E-state index contributed by atoms with van der Waals surface area (Å²) in [4.78, 5) is 8.71. The summed E-state index contributed by atoms with van der Waals surface area (Å²) in [6.45, 7) is 0. The summed E-state index contributed by atoms with van der Waals surface area (Å²) in [5.74, 6) is 2.00. The van der Waals surface area contributed by atoms with E-state index in [1.165, 1.54) is 0 Å². The van der Waals surface area contributed by atoms with Crippen LogP contribution in [0.5, 0.6) is 11.8 Å². The zero-order chi connectivity index (χ0) is 16.1. The van der Waals surface area contributed by atoms with Gasteiger partial charge in [0.1, 0.15) is 17.4 Å². The Morgan fingerprint density at radius 2 is 1.61 bits per heavy atom. The van der Waals surface area contributed by atoms with E-state index in [0.717, 1.165) is 10.2 Å².